The summed E-state index contributed by atoms with van der Waals surface area (Å²) in [5.41, 5.74) is 0. The van der Waals surface area contributed by atoms with Gasteiger partial charge < -0.3 is 38.6 Å². The summed E-state index contributed by atoms with van der Waals surface area (Å²) in [6, 6.07) is 1.04. The van der Waals surface area contributed by atoms with E-state index in [-0.39, 0.29) is 155 Å². The monoisotopic (exact) mass is 749 g/mol. The molecule has 2 aromatic carbocycles. The summed E-state index contributed by atoms with van der Waals surface area (Å²) in [5.74, 6) is -4.98. The zero-order valence-electron chi connectivity index (χ0n) is 19.1. The average molecular weight is 750 g/mol. The van der Waals surface area contributed by atoms with E-state index < -0.39 is 83.1 Å². The molecule has 0 unspecified atom stereocenters. The Morgan fingerprint density at radius 2 is 0.676 bits per heavy atom. The first-order valence-electron chi connectivity index (χ1n) is 7.02. The van der Waals surface area contributed by atoms with E-state index >= 15 is 0 Å². The van der Waals surface area contributed by atoms with Gasteiger partial charge in [0.25, 0.3) is 0 Å². The minimum absolute atomic E-state index is 0. The SMILES string of the molecule is O=S(=O)([O-])c1cc(O)c(O)c(S(=O)(=O)[O-])c1.O=S(=O)([O-])c1cc(O)c(O)c(S(=O)(=O)[O-])c1.[Na+].[Na+].[Na+].[Na+].[Sb]. The molecule has 37 heavy (non-hydrogen) atoms. The molecule has 25 heteroatoms. The van der Waals surface area contributed by atoms with E-state index in [1.54, 1.807) is 0 Å². The molecule has 0 atom stereocenters. The summed E-state index contributed by atoms with van der Waals surface area (Å²) in [4.78, 5) is -5.00. The molecule has 0 amide bonds. The first kappa shape index (κ1) is 48.8. The Labute approximate surface area is 316 Å². The Balaban J connectivity index is -0.000000163. The minimum atomic E-state index is -5.20. The van der Waals surface area contributed by atoms with Gasteiger partial charge in [-0.25, -0.2) is 33.7 Å². The summed E-state index contributed by atoms with van der Waals surface area (Å²) in [5, 5.41) is 35.9. The van der Waals surface area contributed by atoms with Crippen molar-refractivity contribution in [2.75, 3.05) is 0 Å². The molecule has 4 N–H and O–H groups in total. The molecule has 185 valence electrons. The standard InChI is InChI=1S/2C6H6O8S2.4Na.Sb/c2*7-4-1-3(15(9,10)11)2-5(6(4)8)16(12,13)14;;;;;/h2*1-2,7-8H,(H,9,10,11)(H,12,13,14);;;;;/q;;4*+1;/p-4. The first-order valence-corrected chi connectivity index (χ1v) is 12.7. The molecule has 0 bridgehead atoms. The molecule has 0 aliphatic rings. The molecule has 0 aliphatic heterocycles. The summed E-state index contributed by atoms with van der Waals surface area (Å²) in [6.45, 7) is 0. The Morgan fingerprint density at radius 1 is 0.459 bits per heavy atom. The molecule has 0 heterocycles. The van der Waals surface area contributed by atoms with E-state index in [1.807, 2.05) is 0 Å². The van der Waals surface area contributed by atoms with Crippen molar-refractivity contribution in [3.05, 3.63) is 24.3 Å². The Morgan fingerprint density at radius 3 is 0.838 bits per heavy atom. The van der Waals surface area contributed by atoms with Crippen molar-refractivity contribution >= 4 is 64.9 Å². The number of hydrogen-bond acceptors (Lipinski definition) is 16. The van der Waals surface area contributed by atoms with Crippen LogP contribution in [0.2, 0.25) is 0 Å². The van der Waals surface area contributed by atoms with Gasteiger partial charge in [0, 0.05) is 36.6 Å². The van der Waals surface area contributed by atoms with Crippen LogP contribution in [0.5, 0.6) is 23.0 Å². The summed E-state index contributed by atoms with van der Waals surface area (Å²) in [6.07, 6.45) is 0. The molecule has 0 aromatic heterocycles. The third kappa shape index (κ3) is 14.7. The van der Waals surface area contributed by atoms with Crippen LogP contribution in [0, 0.1) is 0 Å². The van der Waals surface area contributed by atoms with Crippen LogP contribution in [0.1, 0.15) is 0 Å². The van der Waals surface area contributed by atoms with Gasteiger partial charge in [0.1, 0.15) is 50.3 Å². The molecule has 0 saturated heterocycles. The van der Waals surface area contributed by atoms with E-state index in [0.29, 0.717) is 12.1 Å². The van der Waals surface area contributed by atoms with Gasteiger partial charge in [0.2, 0.25) is 0 Å². The second-order valence-corrected chi connectivity index (χ2v) is 10.9. The maximum atomic E-state index is 10.6. The second kappa shape index (κ2) is 17.9. The van der Waals surface area contributed by atoms with Crippen LogP contribution in [0.25, 0.3) is 0 Å². The van der Waals surface area contributed by atoms with E-state index in [4.69, 9.17) is 20.4 Å². The van der Waals surface area contributed by atoms with Crippen LogP contribution < -0.4 is 118 Å². The van der Waals surface area contributed by atoms with Crippen molar-refractivity contribution in [3.63, 3.8) is 0 Å². The van der Waals surface area contributed by atoms with E-state index in [9.17, 15) is 51.9 Å². The second-order valence-electron chi connectivity index (χ2n) is 5.39. The number of phenols is 4. The van der Waals surface area contributed by atoms with Gasteiger partial charge >= 0.3 is 118 Å². The molecule has 0 saturated carbocycles. The summed E-state index contributed by atoms with van der Waals surface area (Å²) >= 11 is 0. The fraction of sp³-hybridized carbons (Fsp3) is 0. The predicted molar refractivity (Wildman–Crippen MR) is 97.2 cm³/mol. The Bertz CT molecular complexity index is 1390. The molecule has 16 nitrogen and oxygen atoms in total. The van der Waals surface area contributed by atoms with E-state index in [1.165, 1.54) is 0 Å². The van der Waals surface area contributed by atoms with E-state index in [2.05, 4.69) is 0 Å². The van der Waals surface area contributed by atoms with Gasteiger partial charge in [-0.2, -0.15) is 0 Å². The third-order valence-electron chi connectivity index (χ3n) is 3.17. The van der Waals surface area contributed by atoms with Crippen molar-refractivity contribution in [1.82, 2.24) is 0 Å². The van der Waals surface area contributed by atoms with Crippen molar-refractivity contribution < 1.29 is 191 Å². The predicted octanol–water partition coefficient (Wildman–Crippen LogP) is -14.6. The molecular formula is C12H8Na4O16S4Sb. The van der Waals surface area contributed by atoms with Crippen molar-refractivity contribution in [3.8, 4) is 23.0 Å². The van der Waals surface area contributed by atoms with Gasteiger partial charge in [-0.05, 0) is 12.1 Å². The molecule has 0 fully saturated rings. The maximum absolute atomic E-state index is 10.6. The van der Waals surface area contributed by atoms with Crippen LogP contribution in [0.4, 0.5) is 0 Å². The molecule has 2 aromatic rings. The molecule has 0 aliphatic carbocycles. The molecule has 2 rings (SSSR count). The number of hydrogen-bond donors (Lipinski definition) is 4. The fourth-order valence-corrected chi connectivity index (χ4v) is 4.22. The van der Waals surface area contributed by atoms with E-state index in [0.717, 1.165) is 0 Å². The average Bonchev–Trinajstić information content (AvgIpc) is 2.56. The molecule has 3 radical (unpaired) electrons. The zero-order valence-corrected chi connectivity index (χ0v) is 32.9. The van der Waals surface area contributed by atoms with Gasteiger partial charge in [0.05, 0.1) is 9.79 Å². The number of rotatable bonds is 4. The molecule has 0 spiro atoms. The quantitative estimate of drug-likeness (QED) is 0.128. The van der Waals surface area contributed by atoms with Gasteiger partial charge in [-0.15, -0.1) is 0 Å². The Kier molecular flexibility index (Phi) is 23.6. The van der Waals surface area contributed by atoms with Crippen LogP contribution in [0.3, 0.4) is 0 Å². The number of aromatic hydroxyl groups is 4. The summed E-state index contributed by atoms with van der Waals surface area (Å²) in [7, 11) is -20.5. The van der Waals surface area contributed by atoms with Crippen LogP contribution in [-0.4, -0.2) is 96.7 Å². The topological polar surface area (TPSA) is 310 Å². The largest absolute Gasteiger partial charge is 1.00 e. The van der Waals surface area contributed by atoms with Gasteiger partial charge in [-0.3, -0.25) is 0 Å². The van der Waals surface area contributed by atoms with Crippen molar-refractivity contribution in [2.45, 2.75) is 19.6 Å². The smallest absolute Gasteiger partial charge is 0.744 e. The number of benzene rings is 2. The minimum Gasteiger partial charge on any atom is -0.744 e. The maximum Gasteiger partial charge on any atom is 1.00 e. The van der Waals surface area contributed by atoms with Crippen LogP contribution in [0.15, 0.2) is 43.8 Å². The normalized spacial score (nSPS) is 10.9. The number of phenolic OH excluding ortho intramolecular Hbond substituents is 4. The van der Waals surface area contributed by atoms with Crippen LogP contribution >= 0.6 is 0 Å². The zero-order chi connectivity index (χ0) is 25.4. The molecular weight excluding hydrogens is 742 g/mol. The fourth-order valence-electron chi connectivity index (χ4n) is 1.81. The summed E-state index contributed by atoms with van der Waals surface area (Å²) < 4.78 is 127. The van der Waals surface area contributed by atoms with Crippen LogP contribution in [-0.2, 0) is 40.5 Å². The van der Waals surface area contributed by atoms with Crippen molar-refractivity contribution in [2.24, 2.45) is 0 Å². The Hall–Kier alpha value is 2.10. The van der Waals surface area contributed by atoms with Gasteiger partial charge in [-0.1, -0.05) is 0 Å². The van der Waals surface area contributed by atoms with Crippen molar-refractivity contribution in [1.29, 1.82) is 0 Å². The van der Waals surface area contributed by atoms with Gasteiger partial charge in [0.15, 0.2) is 23.0 Å². The first-order chi connectivity index (χ1) is 14.1. The third-order valence-corrected chi connectivity index (χ3v) is 6.50.